The minimum atomic E-state index is 1.11. The number of nitrogens with zero attached hydrogens (tertiary/aromatic N) is 2. The largest absolute Gasteiger partial charge is 0.310 e. The molecule has 11 aromatic rings. The fourth-order valence-corrected chi connectivity index (χ4v) is 8.88. The van der Waals surface area contributed by atoms with Gasteiger partial charge in [-0.15, -0.1) is 0 Å². The van der Waals surface area contributed by atoms with Crippen molar-refractivity contribution in [3.05, 3.63) is 231 Å². The highest BCUT2D eigenvalue weighted by Crippen LogP contribution is 2.42. The topological polar surface area (TPSA) is 8.17 Å². The third-order valence-corrected chi connectivity index (χ3v) is 11.6. The van der Waals surface area contributed by atoms with E-state index in [1.165, 1.54) is 76.7 Å². The van der Waals surface area contributed by atoms with Gasteiger partial charge in [0.1, 0.15) is 0 Å². The number of rotatable bonds is 7. The maximum atomic E-state index is 2.37. The molecule has 11 rings (SSSR count). The van der Waals surface area contributed by atoms with Gasteiger partial charge in [-0.3, -0.25) is 0 Å². The van der Waals surface area contributed by atoms with E-state index in [1.54, 1.807) is 0 Å². The van der Waals surface area contributed by atoms with Gasteiger partial charge in [0, 0.05) is 33.5 Å². The molecule has 1 aromatic heterocycles. The molecule has 58 heavy (non-hydrogen) atoms. The van der Waals surface area contributed by atoms with Gasteiger partial charge < -0.3 is 9.47 Å². The molecule has 0 saturated heterocycles. The van der Waals surface area contributed by atoms with Crippen molar-refractivity contribution in [3.8, 4) is 39.1 Å². The summed E-state index contributed by atoms with van der Waals surface area (Å²) in [6, 6.07) is 83.5. The number of benzene rings is 10. The molecule has 2 heteroatoms. The van der Waals surface area contributed by atoms with E-state index in [0.717, 1.165) is 22.7 Å². The van der Waals surface area contributed by atoms with Crippen LogP contribution in [0, 0.1) is 0 Å². The maximum Gasteiger partial charge on any atom is 0.0542 e. The lowest BCUT2D eigenvalue weighted by Gasteiger charge is -2.26. The van der Waals surface area contributed by atoms with Crippen LogP contribution in [-0.4, -0.2) is 4.57 Å². The van der Waals surface area contributed by atoms with Crippen molar-refractivity contribution in [1.82, 2.24) is 4.57 Å². The smallest absolute Gasteiger partial charge is 0.0542 e. The third kappa shape index (κ3) is 5.74. The number of fused-ring (bicyclic) bond motifs is 5. The Morgan fingerprint density at radius 3 is 1.60 bits per heavy atom. The zero-order chi connectivity index (χ0) is 38.4. The van der Waals surface area contributed by atoms with Crippen LogP contribution in [-0.2, 0) is 0 Å². The first-order valence-electron chi connectivity index (χ1n) is 19.9. The van der Waals surface area contributed by atoms with E-state index in [9.17, 15) is 0 Å². The molecule has 0 fully saturated rings. The highest BCUT2D eigenvalue weighted by atomic mass is 15.1. The molecule has 10 aromatic carbocycles. The van der Waals surface area contributed by atoms with E-state index < -0.39 is 0 Å². The number of para-hydroxylation sites is 3. The Balaban J connectivity index is 0.961. The van der Waals surface area contributed by atoms with Crippen molar-refractivity contribution in [2.24, 2.45) is 0 Å². The third-order valence-electron chi connectivity index (χ3n) is 11.6. The van der Waals surface area contributed by atoms with Crippen LogP contribution in [0.15, 0.2) is 231 Å². The second kappa shape index (κ2) is 14.1. The molecule has 0 aliphatic rings. The molecule has 0 amide bonds. The minimum Gasteiger partial charge on any atom is -0.310 e. The molecule has 0 N–H and O–H groups in total. The lowest BCUT2D eigenvalue weighted by atomic mass is 9.88. The van der Waals surface area contributed by atoms with Crippen molar-refractivity contribution in [2.45, 2.75) is 0 Å². The SMILES string of the molecule is c1ccc(-c2c3ccccc3cc3c(-c4ccc(-c5ccc(N(c6ccccc6)c6ccc7c(c6)c6ccccc6n7-c6ccccc6)cc5)cc4)cccc23)cc1. The van der Waals surface area contributed by atoms with Gasteiger partial charge in [0.05, 0.1) is 11.0 Å². The summed E-state index contributed by atoms with van der Waals surface area (Å²) in [5.74, 6) is 0. The maximum absolute atomic E-state index is 2.37. The van der Waals surface area contributed by atoms with Crippen LogP contribution < -0.4 is 4.90 Å². The molecule has 0 bridgehead atoms. The summed E-state index contributed by atoms with van der Waals surface area (Å²) in [6.45, 7) is 0. The van der Waals surface area contributed by atoms with E-state index in [4.69, 9.17) is 0 Å². The minimum absolute atomic E-state index is 1.11. The quantitative estimate of drug-likeness (QED) is 0.148. The van der Waals surface area contributed by atoms with E-state index in [-0.39, 0.29) is 0 Å². The van der Waals surface area contributed by atoms with Crippen molar-refractivity contribution in [1.29, 1.82) is 0 Å². The normalized spacial score (nSPS) is 11.4. The van der Waals surface area contributed by atoms with Crippen LogP contribution in [0.4, 0.5) is 17.1 Å². The lowest BCUT2D eigenvalue weighted by molar-refractivity contribution is 1.18. The molecule has 0 unspecified atom stereocenters. The molecular formula is C56H38N2. The summed E-state index contributed by atoms with van der Waals surface area (Å²) in [5, 5.41) is 7.53. The second-order valence-electron chi connectivity index (χ2n) is 14.9. The number of hydrogen-bond acceptors (Lipinski definition) is 1. The average molecular weight is 739 g/mol. The van der Waals surface area contributed by atoms with Gasteiger partial charge in [0.25, 0.3) is 0 Å². The summed E-state index contributed by atoms with van der Waals surface area (Å²) in [7, 11) is 0. The molecule has 0 atom stereocenters. The zero-order valence-electron chi connectivity index (χ0n) is 31.8. The van der Waals surface area contributed by atoms with Gasteiger partial charge in [-0.2, -0.15) is 0 Å². The Hall–Kier alpha value is -7.68. The molecule has 0 radical (unpaired) electrons. The molecule has 0 spiro atoms. The van der Waals surface area contributed by atoms with E-state index in [2.05, 4.69) is 240 Å². The highest BCUT2D eigenvalue weighted by molar-refractivity contribution is 6.16. The van der Waals surface area contributed by atoms with Gasteiger partial charge in [-0.25, -0.2) is 0 Å². The standard InChI is InChI=1S/C56H38N2/c1-4-15-42(16-5-1)56-49-22-11-10-17-43(49)37-52-48(24-14-25-51(52)56)41-29-27-39(28-30-41)40-31-33-46(34-32-40)57(44-18-6-2-7-19-44)47-35-36-55-53(38-47)50-23-12-13-26-54(50)58(55)45-20-8-3-9-21-45/h1-38H. The first-order chi connectivity index (χ1) is 28.8. The number of anilines is 3. The Bertz CT molecular complexity index is 3240. The summed E-state index contributed by atoms with van der Waals surface area (Å²) in [6.07, 6.45) is 0. The van der Waals surface area contributed by atoms with E-state index in [0.29, 0.717) is 0 Å². The van der Waals surface area contributed by atoms with Crippen LogP contribution in [0.3, 0.4) is 0 Å². The van der Waals surface area contributed by atoms with Crippen molar-refractivity contribution in [3.63, 3.8) is 0 Å². The van der Waals surface area contributed by atoms with E-state index >= 15 is 0 Å². The Morgan fingerprint density at radius 1 is 0.293 bits per heavy atom. The first-order valence-corrected chi connectivity index (χ1v) is 19.9. The molecule has 0 aliphatic carbocycles. The second-order valence-corrected chi connectivity index (χ2v) is 14.9. The van der Waals surface area contributed by atoms with Crippen LogP contribution in [0.2, 0.25) is 0 Å². The van der Waals surface area contributed by atoms with Gasteiger partial charge >= 0.3 is 0 Å². The Labute approximate surface area is 338 Å². The molecule has 272 valence electrons. The van der Waals surface area contributed by atoms with Gasteiger partial charge in [0.15, 0.2) is 0 Å². The molecule has 0 saturated carbocycles. The van der Waals surface area contributed by atoms with E-state index in [1.807, 2.05) is 0 Å². The van der Waals surface area contributed by atoms with Crippen molar-refractivity contribution >= 4 is 60.4 Å². The van der Waals surface area contributed by atoms with Gasteiger partial charge in [0.2, 0.25) is 0 Å². The fraction of sp³-hybridized carbons (Fsp3) is 0. The average Bonchev–Trinajstić information content (AvgIpc) is 3.63. The highest BCUT2D eigenvalue weighted by Gasteiger charge is 2.18. The van der Waals surface area contributed by atoms with Crippen LogP contribution >= 0.6 is 0 Å². The van der Waals surface area contributed by atoms with Crippen LogP contribution in [0.5, 0.6) is 0 Å². The number of hydrogen-bond donors (Lipinski definition) is 0. The monoisotopic (exact) mass is 738 g/mol. The Kier molecular flexibility index (Phi) is 8.19. The molecular weight excluding hydrogens is 701 g/mol. The summed E-state index contributed by atoms with van der Waals surface area (Å²) in [4.78, 5) is 2.36. The Morgan fingerprint density at radius 2 is 0.845 bits per heavy atom. The van der Waals surface area contributed by atoms with Gasteiger partial charge in [-0.1, -0.05) is 164 Å². The van der Waals surface area contributed by atoms with Crippen molar-refractivity contribution < 1.29 is 0 Å². The summed E-state index contributed by atoms with van der Waals surface area (Å²) < 4.78 is 2.37. The van der Waals surface area contributed by atoms with Gasteiger partial charge in [-0.05, 0) is 122 Å². The molecule has 1 heterocycles. The molecule has 0 aliphatic heterocycles. The van der Waals surface area contributed by atoms with Crippen molar-refractivity contribution in [2.75, 3.05) is 4.90 Å². The molecule has 2 nitrogen and oxygen atoms in total. The van der Waals surface area contributed by atoms with Crippen LogP contribution in [0.1, 0.15) is 0 Å². The van der Waals surface area contributed by atoms with Crippen LogP contribution in [0.25, 0.3) is 82.4 Å². The first kappa shape index (κ1) is 33.6. The lowest BCUT2D eigenvalue weighted by Crippen LogP contribution is -2.09. The fourth-order valence-electron chi connectivity index (χ4n) is 8.88. The summed E-state index contributed by atoms with van der Waals surface area (Å²) in [5.41, 5.74) is 14.2. The number of aromatic nitrogens is 1. The predicted molar refractivity (Wildman–Crippen MR) is 247 cm³/mol. The summed E-state index contributed by atoms with van der Waals surface area (Å²) >= 11 is 0. The zero-order valence-corrected chi connectivity index (χ0v) is 31.8. The predicted octanol–water partition coefficient (Wildman–Crippen LogP) is 15.6.